The van der Waals surface area contributed by atoms with Crippen LogP contribution in [0.25, 0.3) is 0 Å². The zero-order valence-corrected chi connectivity index (χ0v) is 17.1. The number of hydrogen-bond donors (Lipinski definition) is 8. The Morgan fingerprint density at radius 1 is 0.771 bits per heavy atom. The Hall–Kier alpha value is -4.92. The van der Waals surface area contributed by atoms with Crippen molar-refractivity contribution in [1.82, 2.24) is 0 Å². The number of carbonyl (C=O) groups is 4. The molecule has 35 heavy (non-hydrogen) atoms. The highest BCUT2D eigenvalue weighted by atomic mass is 16.7. The second kappa shape index (κ2) is 9.14. The van der Waals surface area contributed by atoms with E-state index in [9.17, 15) is 54.9 Å². The van der Waals surface area contributed by atoms with Crippen molar-refractivity contribution in [2.75, 3.05) is 0 Å². The van der Waals surface area contributed by atoms with Crippen LogP contribution in [0.15, 0.2) is 24.3 Å². The summed E-state index contributed by atoms with van der Waals surface area (Å²) in [5.74, 6) is -11.9. The van der Waals surface area contributed by atoms with Crippen molar-refractivity contribution in [2.45, 2.75) is 24.4 Å². The van der Waals surface area contributed by atoms with E-state index in [-0.39, 0.29) is 0 Å². The Morgan fingerprint density at radius 3 is 1.57 bits per heavy atom. The molecule has 3 rings (SSSR count). The topological polar surface area (TPSA) is 258 Å². The molecule has 1 heterocycles. The van der Waals surface area contributed by atoms with Gasteiger partial charge >= 0.3 is 23.9 Å². The molecule has 0 aliphatic carbocycles. The summed E-state index contributed by atoms with van der Waals surface area (Å²) in [7, 11) is 0. The van der Waals surface area contributed by atoms with E-state index in [0.717, 1.165) is 0 Å². The molecule has 4 atom stereocenters. The molecule has 0 bridgehead atoms. The Balaban J connectivity index is 1.93. The van der Waals surface area contributed by atoms with Crippen molar-refractivity contribution < 1.29 is 74.2 Å². The van der Waals surface area contributed by atoms with E-state index in [1.54, 1.807) is 0 Å². The number of ether oxygens (including phenoxy) is 3. The summed E-state index contributed by atoms with van der Waals surface area (Å²) in [5, 5.41) is 75.9. The van der Waals surface area contributed by atoms with Crippen LogP contribution in [0.5, 0.6) is 34.5 Å². The molecule has 0 radical (unpaired) electrons. The number of aliphatic hydroxyl groups is 1. The van der Waals surface area contributed by atoms with Crippen LogP contribution >= 0.6 is 0 Å². The van der Waals surface area contributed by atoms with Crippen LogP contribution in [-0.2, 0) is 23.8 Å². The number of cyclic esters (lactones) is 1. The van der Waals surface area contributed by atoms with E-state index >= 15 is 0 Å². The van der Waals surface area contributed by atoms with Gasteiger partial charge in [0.05, 0.1) is 11.1 Å². The third kappa shape index (κ3) is 4.74. The molecule has 0 spiro atoms. The van der Waals surface area contributed by atoms with Gasteiger partial charge in [0.2, 0.25) is 6.10 Å². The van der Waals surface area contributed by atoms with Crippen LogP contribution in [0.2, 0.25) is 0 Å². The predicted octanol–water partition coefficient (Wildman–Crippen LogP) is -0.958. The third-order valence-corrected chi connectivity index (χ3v) is 4.76. The highest BCUT2D eigenvalue weighted by molar-refractivity contribution is 5.95. The van der Waals surface area contributed by atoms with Gasteiger partial charge in [-0.2, -0.15) is 0 Å². The van der Waals surface area contributed by atoms with Gasteiger partial charge < -0.3 is 55.1 Å². The van der Waals surface area contributed by atoms with Crippen LogP contribution < -0.4 is 0 Å². The van der Waals surface area contributed by atoms with Crippen LogP contribution in [0.4, 0.5) is 0 Å². The van der Waals surface area contributed by atoms with Crippen molar-refractivity contribution in [3.05, 3.63) is 35.4 Å². The summed E-state index contributed by atoms with van der Waals surface area (Å²) >= 11 is 0. The van der Waals surface area contributed by atoms with Gasteiger partial charge in [0.25, 0.3) is 0 Å². The first-order valence-corrected chi connectivity index (χ1v) is 9.35. The fourth-order valence-corrected chi connectivity index (χ4v) is 3.02. The lowest BCUT2D eigenvalue weighted by atomic mass is 10.1. The number of aromatic hydroxyl groups is 6. The van der Waals surface area contributed by atoms with E-state index in [1.165, 1.54) is 0 Å². The molecule has 15 heteroatoms. The number of aliphatic hydroxyl groups excluding tert-OH is 1. The maximum Gasteiger partial charge on any atom is 0.352 e. The first-order valence-electron chi connectivity index (χ1n) is 9.35. The minimum atomic E-state index is -2.45. The summed E-state index contributed by atoms with van der Waals surface area (Å²) in [6.07, 6.45) is -8.78. The molecule has 1 aliphatic heterocycles. The zero-order chi connectivity index (χ0) is 26.2. The maximum absolute atomic E-state index is 12.5. The standard InChI is InChI=1S/C20H16O15/c21-7-1-5(2-8(22)11(7)25)18(30)34-15-14(13(27)17(28)29)33-20(32)16(15)35-19(31)6-3-9(23)12(26)10(24)4-6/h1-4,13-16,21-27H,(H,28,29)/t13-,14-,15-,16+/m0/s1. The number of phenolic OH excluding ortho intramolecular Hbond substituents is 6. The van der Waals surface area contributed by atoms with Crippen molar-refractivity contribution in [3.63, 3.8) is 0 Å². The van der Waals surface area contributed by atoms with Crippen LogP contribution in [0.1, 0.15) is 20.7 Å². The third-order valence-electron chi connectivity index (χ3n) is 4.76. The Labute approximate surface area is 193 Å². The Kier molecular flexibility index (Phi) is 6.46. The molecule has 1 aliphatic rings. The van der Waals surface area contributed by atoms with Gasteiger partial charge in [0.15, 0.2) is 52.8 Å². The number of phenols is 6. The van der Waals surface area contributed by atoms with Crippen molar-refractivity contribution >= 4 is 23.9 Å². The lowest BCUT2D eigenvalue weighted by molar-refractivity contribution is -0.162. The second-order valence-corrected chi connectivity index (χ2v) is 7.11. The smallest absolute Gasteiger partial charge is 0.352 e. The molecule has 186 valence electrons. The average molecular weight is 496 g/mol. The molecular formula is C20H16O15. The minimum absolute atomic E-state index is 0.591. The van der Waals surface area contributed by atoms with Crippen molar-refractivity contribution in [2.24, 2.45) is 0 Å². The van der Waals surface area contributed by atoms with Crippen LogP contribution in [0.3, 0.4) is 0 Å². The molecule has 8 N–H and O–H groups in total. The lowest BCUT2D eigenvalue weighted by Crippen LogP contribution is -2.46. The van der Waals surface area contributed by atoms with Gasteiger partial charge in [-0.15, -0.1) is 0 Å². The normalized spacial score (nSPS) is 20.0. The van der Waals surface area contributed by atoms with E-state index < -0.39 is 93.9 Å². The zero-order valence-electron chi connectivity index (χ0n) is 17.1. The van der Waals surface area contributed by atoms with Gasteiger partial charge in [-0.1, -0.05) is 0 Å². The van der Waals surface area contributed by atoms with Gasteiger partial charge in [-0.3, -0.25) is 0 Å². The molecule has 2 aromatic carbocycles. The number of esters is 3. The van der Waals surface area contributed by atoms with Gasteiger partial charge in [0.1, 0.15) is 0 Å². The molecule has 2 aromatic rings. The molecule has 1 saturated heterocycles. The first-order chi connectivity index (χ1) is 16.3. The summed E-state index contributed by atoms with van der Waals surface area (Å²) in [4.78, 5) is 48.5. The molecule has 0 amide bonds. The molecule has 0 saturated carbocycles. The quantitative estimate of drug-likeness (QED) is 0.136. The molecule has 15 nitrogen and oxygen atoms in total. The van der Waals surface area contributed by atoms with Crippen molar-refractivity contribution in [1.29, 1.82) is 0 Å². The fourth-order valence-electron chi connectivity index (χ4n) is 3.02. The van der Waals surface area contributed by atoms with E-state index in [1.807, 2.05) is 0 Å². The SMILES string of the molecule is O=C(O[C@H]1[C@H]([C@H](O)C(=O)O)OC(=O)[C@@H]1OC(=O)c1cc(O)c(O)c(O)c1)c1cc(O)c(O)c(O)c1. The van der Waals surface area contributed by atoms with E-state index in [2.05, 4.69) is 0 Å². The number of carboxylic acid groups (broad SMARTS) is 1. The maximum atomic E-state index is 12.5. The summed E-state index contributed by atoms with van der Waals surface area (Å²) in [5.41, 5.74) is -1.19. The van der Waals surface area contributed by atoms with Crippen LogP contribution in [0, 0.1) is 0 Å². The van der Waals surface area contributed by atoms with Gasteiger partial charge in [-0.05, 0) is 24.3 Å². The highest BCUT2D eigenvalue weighted by Gasteiger charge is 2.54. The second-order valence-electron chi connectivity index (χ2n) is 7.11. The van der Waals surface area contributed by atoms with E-state index in [0.29, 0.717) is 24.3 Å². The van der Waals surface area contributed by atoms with Gasteiger partial charge in [0, 0.05) is 0 Å². The average Bonchev–Trinajstić information content (AvgIpc) is 3.09. The predicted molar refractivity (Wildman–Crippen MR) is 105 cm³/mol. The highest BCUT2D eigenvalue weighted by Crippen LogP contribution is 2.37. The Morgan fingerprint density at radius 2 is 1.17 bits per heavy atom. The number of carbonyl (C=O) groups excluding carboxylic acids is 3. The minimum Gasteiger partial charge on any atom is -0.504 e. The fraction of sp³-hybridized carbons (Fsp3) is 0.200. The Bertz CT molecular complexity index is 1170. The van der Waals surface area contributed by atoms with E-state index in [4.69, 9.17) is 19.3 Å². The van der Waals surface area contributed by atoms with Crippen molar-refractivity contribution in [3.8, 4) is 34.5 Å². The lowest BCUT2D eigenvalue weighted by Gasteiger charge is -2.23. The molecule has 1 fully saturated rings. The summed E-state index contributed by atoms with van der Waals surface area (Å²) in [6.45, 7) is 0. The summed E-state index contributed by atoms with van der Waals surface area (Å²) < 4.78 is 14.6. The molecular weight excluding hydrogens is 480 g/mol. The van der Waals surface area contributed by atoms with Crippen LogP contribution in [-0.4, -0.2) is 89.1 Å². The van der Waals surface area contributed by atoms with Gasteiger partial charge in [-0.25, -0.2) is 19.2 Å². The molecule has 0 aromatic heterocycles. The number of hydrogen-bond acceptors (Lipinski definition) is 14. The largest absolute Gasteiger partial charge is 0.504 e. The summed E-state index contributed by atoms with van der Waals surface area (Å²) in [6, 6.07) is 2.62. The first kappa shape index (κ1) is 24.7. The molecule has 0 unspecified atom stereocenters. The number of benzene rings is 2. The monoisotopic (exact) mass is 496 g/mol. The number of aliphatic carboxylic acids is 1. The number of rotatable bonds is 6. The number of carboxylic acids is 1.